The Balaban J connectivity index is 2.00. The molecule has 0 amide bonds. The molecule has 0 saturated carbocycles. The second kappa shape index (κ2) is 5.54. The van der Waals surface area contributed by atoms with Crippen molar-refractivity contribution in [2.24, 2.45) is 0 Å². The van der Waals surface area contributed by atoms with Gasteiger partial charge in [0.2, 0.25) is 0 Å². The van der Waals surface area contributed by atoms with Crippen molar-refractivity contribution in [2.75, 3.05) is 0 Å². The van der Waals surface area contributed by atoms with Crippen molar-refractivity contribution in [1.82, 2.24) is 9.78 Å². The molecule has 0 aliphatic heterocycles. The average Bonchev–Trinajstić information content (AvgIpc) is 2.84. The van der Waals surface area contributed by atoms with Crippen LogP contribution < -0.4 is 0 Å². The molecule has 0 atom stereocenters. The van der Waals surface area contributed by atoms with E-state index < -0.39 is 0 Å². The number of aromatic nitrogens is 2. The molecule has 3 nitrogen and oxygen atoms in total. The third kappa shape index (κ3) is 2.58. The van der Waals surface area contributed by atoms with E-state index in [1.54, 1.807) is 12.3 Å². The van der Waals surface area contributed by atoms with E-state index in [0.29, 0.717) is 12.1 Å². The van der Waals surface area contributed by atoms with Crippen LogP contribution in [0.2, 0.25) is 5.02 Å². The average molecular weight is 397 g/mol. The van der Waals surface area contributed by atoms with E-state index in [2.05, 4.69) is 27.7 Å². The first kappa shape index (κ1) is 13.6. The SMILES string of the molecule is O=Cc1ccc2c(cnn2Cc2ccc(Cl)cc2I)c1. The van der Waals surface area contributed by atoms with Crippen molar-refractivity contribution < 1.29 is 4.79 Å². The van der Waals surface area contributed by atoms with Crippen LogP contribution in [0, 0.1) is 3.57 Å². The van der Waals surface area contributed by atoms with Gasteiger partial charge < -0.3 is 0 Å². The Morgan fingerprint density at radius 3 is 2.85 bits per heavy atom. The number of fused-ring (bicyclic) bond motifs is 1. The number of nitrogens with zero attached hydrogens (tertiary/aromatic N) is 2. The minimum absolute atomic E-state index is 0.665. The number of carbonyl (C=O) groups is 1. The van der Waals surface area contributed by atoms with Gasteiger partial charge in [0.05, 0.1) is 18.3 Å². The van der Waals surface area contributed by atoms with Crippen LogP contribution in [0.15, 0.2) is 42.6 Å². The minimum atomic E-state index is 0.665. The summed E-state index contributed by atoms with van der Waals surface area (Å²) in [6.45, 7) is 0.680. The van der Waals surface area contributed by atoms with Gasteiger partial charge in [0.25, 0.3) is 0 Å². The van der Waals surface area contributed by atoms with Crippen LogP contribution in [-0.2, 0) is 6.54 Å². The molecule has 0 bridgehead atoms. The molecule has 20 heavy (non-hydrogen) atoms. The summed E-state index contributed by atoms with van der Waals surface area (Å²) in [5.74, 6) is 0. The van der Waals surface area contributed by atoms with E-state index in [4.69, 9.17) is 11.6 Å². The maximum absolute atomic E-state index is 10.8. The van der Waals surface area contributed by atoms with E-state index >= 15 is 0 Å². The number of halogens is 2. The molecule has 3 aromatic rings. The monoisotopic (exact) mass is 396 g/mol. The van der Waals surface area contributed by atoms with Gasteiger partial charge in [-0.05, 0) is 58.5 Å². The highest BCUT2D eigenvalue weighted by Crippen LogP contribution is 2.21. The second-order valence-corrected chi connectivity index (χ2v) is 6.07. The Bertz CT molecular complexity index is 798. The molecule has 0 aliphatic carbocycles. The largest absolute Gasteiger partial charge is 0.298 e. The summed E-state index contributed by atoms with van der Waals surface area (Å²) < 4.78 is 3.04. The minimum Gasteiger partial charge on any atom is -0.298 e. The van der Waals surface area contributed by atoms with Crippen LogP contribution in [0.3, 0.4) is 0 Å². The summed E-state index contributed by atoms with van der Waals surface area (Å²) in [6, 6.07) is 11.4. The molecule has 1 aromatic heterocycles. The van der Waals surface area contributed by atoms with Crippen LogP contribution in [0.25, 0.3) is 10.9 Å². The topological polar surface area (TPSA) is 34.9 Å². The summed E-state index contributed by atoms with van der Waals surface area (Å²) in [4.78, 5) is 10.8. The van der Waals surface area contributed by atoms with E-state index in [-0.39, 0.29) is 0 Å². The van der Waals surface area contributed by atoms with E-state index in [0.717, 1.165) is 25.8 Å². The van der Waals surface area contributed by atoms with Gasteiger partial charge in [-0.2, -0.15) is 5.10 Å². The van der Waals surface area contributed by atoms with Crippen LogP contribution in [0.5, 0.6) is 0 Å². The van der Waals surface area contributed by atoms with Gasteiger partial charge in [-0.15, -0.1) is 0 Å². The van der Waals surface area contributed by atoms with Gasteiger partial charge >= 0.3 is 0 Å². The first-order valence-corrected chi connectivity index (χ1v) is 7.48. The molecule has 0 spiro atoms. The third-order valence-corrected chi connectivity index (χ3v) is 4.38. The molecule has 2 aromatic carbocycles. The number of hydrogen-bond acceptors (Lipinski definition) is 2. The quantitative estimate of drug-likeness (QED) is 0.492. The van der Waals surface area contributed by atoms with E-state index in [1.165, 1.54) is 5.56 Å². The molecule has 3 rings (SSSR count). The summed E-state index contributed by atoms with van der Waals surface area (Å²) in [5.41, 5.74) is 2.85. The Morgan fingerprint density at radius 2 is 2.10 bits per heavy atom. The van der Waals surface area contributed by atoms with E-state index in [1.807, 2.05) is 35.0 Å². The predicted octanol–water partition coefficient (Wildman–Crippen LogP) is 4.16. The van der Waals surface area contributed by atoms with Crippen molar-refractivity contribution in [3.63, 3.8) is 0 Å². The van der Waals surface area contributed by atoms with Crippen LogP contribution in [0.1, 0.15) is 15.9 Å². The van der Waals surface area contributed by atoms with Gasteiger partial charge in [0.1, 0.15) is 6.29 Å². The van der Waals surface area contributed by atoms with Crippen molar-refractivity contribution in [2.45, 2.75) is 6.54 Å². The number of hydrogen-bond donors (Lipinski definition) is 0. The molecule has 0 saturated heterocycles. The van der Waals surface area contributed by atoms with Crippen molar-refractivity contribution >= 4 is 51.4 Å². The molecule has 0 unspecified atom stereocenters. The van der Waals surface area contributed by atoms with Gasteiger partial charge in [-0.3, -0.25) is 9.48 Å². The lowest BCUT2D eigenvalue weighted by atomic mass is 10.2. The zero-order chi connectivity index (χ0) is 14.1. The van der Waals surface area contributed by atoms with Crippen molar-refractivity contribution in [3.05, 3.63) is 62.3 Å². The Kier molecular flexibility index (Phi) is 3.76. The first-order valence-electron chi connectivity index (χ1n) is 6.02. The molecule has 0 radical (unpaired) electrons. The zero-order valence-electron chi connectivity index (χ0n) is 10.4. The zero-order valence-corrected chi connectivity index (χ0v) is 13.3. The lowest BCUT2D eigenvalue weighted by Crippen LogP contribution is -2.03. The van der Waals surface area contributed by atoms with Crippen LogP contribution in [-0.4, -0.2) is 16.1 Å². The van der Waals surface area contributed by atoms with Crippen LogP contribution >= 0.6 is 34.2 Å². The molecule has 5 heteroatoms. The third-order valence-electron chi connectivity index (χ3n) is 3.14. The number of rotatable bonds is 3. The standard InChI is InChI=1S/C15H10ClIN2O/c16-13-3-2-11(14(17)6-13)8-19-15-4-1-10(9-20)5-12(15)7-18-19/h1-7,9H,8H2. The summed E-state index contributed by atoms with van der Waals surface area (Å²) in [7, 11) is 0. The second-order valence-electron chi connectivity index (χ2n) is 4.47. The normalized spacial score (nSPS) is 10.9. The Hall–Kier alpha value is -1.40. The highest BCUT2D eigenvalue weighted by molar-refractivity contribution is 14.1. The molecule has 0 N–H and O–H groups in total. The highest BCUT2D eigenvalue weighted by atomic mass is 127. The molecular weight excluding hydrogens is 387 g/mol. The molecule has 1 heterocycles. The molecule has 0 fully saturated rings. The summed E-state index contributed by atoms with van der Waals surface area (Å²) in [6.07, 6.45) is 2.63. The maximum atomic E-state index is 10.8. The van der Waals surface area contributed by atoms with Crippen molar-refractivity contribution in [3.8, 4) is 0 Å². The smallest absolute Gasteiger partial charge is 0.150 e. The Morgan fingerprint density at radius 1 is 1.25 bits per heavy atom. The van der Waals surface area contributed by atoms with E-state index in [9.17, 15) is 4.79 Å². The fourth-order valence-electron chi connectivity index (χ4n) is 2.12. The molecule has 0 aliphatic rings. The lowest BCUT2D eigenvalue weighted by Gasteiger charge is -2.07. The number of carbonyl (C=O) groups excluding carboxylic acids is 1. The fourth-order valence-corrected chi connectivity index (χ4v) is 3.16. The fraction of sp³-hybridized carbons (Fsp3) is 0.0667. The Labute approximate surface area is 134 Å². The van der Waals surface area contributed by atoms with Crippen LogP contribution in [0.4, 0.5) is 0 Å². The number of aldehydes is 1. The first-order chi connectivity index (χ1) is 9.67. The van der Waals surface area contributed by atoms with Crippen molar-refractivity contribution in [1.29, 1.82) is 0 Å². The summed E-state index contributed by atoms with van der Waals surface area (Å²) in [5, 5.41) is 6.10. The van der Waals surface area contributed by atoms with Gasteiger partial charge in [0, 0.05) is 19.5 Å². The summed E-state index contributed by atoms with van der Waals surface area (Å²) >= 11 is 8.24. The molecule has 100 valence electrons. The molecular formula is C15H10ClIN2O. The van der Waals surface area contributed by atoms with Gasteiger partial charge in [-0.1, -0.05) is 17.7 Å². The predicted molar refractivity (Wildman–Crippen MR) is 88.4 cm³/mol. The number of benzene rings is 2. The highest BCUT2D eigenvalue weighted by Gasteiger charge is 2.07. The maximum Gasteiger partial charge on any atom is 0.150 e. The lowest BCUT2D eigenvalue weighted by molar-refractivity contribution is 0.112. The van der Waals surface area contributed by atoms with Gasteiger partial charge in [0.15, 0.2) is 0 Å². The van der Waals surface area contributed by atoms with Gasteiger partial charge in [-0.25, -0.2) is 0 Å².